The molecule has 0 aliphatic carbocycles. The number of phenolic OH excluding ortho intramolecular Hbond substituents is 1. The first-order valence-electron chi connectivity index (χ1n) is 6.33. The van der Waals surface area contributed by atoms with E-state index >= 15 is 0 Å². The first-order chi connectivity index (χ1) is 9.49. The van der Waals surface area contributed by atoms with Crippen LogP contribution in [0.1, 0.15) is 33.8 Å². The van der Waals surface area contributed by atoms with Crippen LogP contribution in [0.15, 0.2) is 42.5 Å². The summed E-state index contributed by atoms with van der Waals surface area (Å²) in [6, 6.07) is 12.2. The molecule has 104 valence electrons. The van der Waals surface area contributed by atoms with Gasteiger partial charge in [-0.1, -0.05) is 24.3 Å². The van der Waals surface area contributed by atoms with E-state index in [2.05, 4.69) is 5.32 Å². The van der Waals surface area contributed by atoms with Gasteiger partial charge in [-0.05, 0) is 43.2 Å². The average Bonchev–Trinajstić information content (AvgIpc) is 2.42. The third kappa shape index (κ3) is 3.11. The largest absolute Gasteiger partial charge is 0.508 e. The first-order valence-corrected chi connectivity index (χ1v) is 6.76. The second-order valence-electron chi connectivity index (χ2n) is 4.66. The van der Waals surface area contributed by atoms with Gasteiger partial charge in [0.1, 0.15) is 5.75 Å². The molecule has 0 fully saturated rings. The molecule has 4 heteroatoms. The summed E-state index contributed by atoms with van der Waals surface area (Å²) in [5, 5.41) is 12.3. The van der Waals surface area contributed by atoms with Gasteiger partial charge in [0.15, 0.2) is 0 Å². The molecule has 1 atom stereocenters. The van der Waals surface area contributed by atoms with Crippen molar-refractivity contribution < 1.29 is 9.90 Å². The number of hydrogen-bond donors (Lipinski definition) is 2. The van der Waals surface area contributed by atoms with Gasteiger partial charge in [-0.3, -0.25) is 4.79 Å². The highest BCUT2D eigenvalue weighted by atomic mass is 35.5. The van der Waals surface area contributed by atoms with E-state index in [0.717, 1.165) is 11.1 Å². The van der Waals surface area contributed by atoms with Gasteiger partial charge in [-0.25, -0.2) is 0 Å². The summed E-state index contributed by atoms with van der Waals surface area (Å²) >= 11 is 6.09. The number of para-hydroxylation sites is 1. The van der Waals surface area contributed by atoms with Crippen LogP contribution in [0.2, 0.25) is 0 Å². The summed E-state index contributed by atoms with van der Waals surface area (Å²) in [5.41, 5.74) is 2.68. The summed E-state index contributed by atoms with van der Waals surface area (Å²) in [6.45, 7) is 3.63. The van der Waals surface area contributed by atoms with Crippen LogP contribution in [-0.2, 0) is 0 Å². The SMILES string of the molecule is Cc1ccc(C(=O)Nc2ccccc2C(C)Cl)cc1O. The molecule has 2 aromatic rings. The van der Waals surface area contributed by atoms with Gasteiger partial charge >= 0.3 is 0 Å². The maximum Gasteiger partial charge on any atom is 0.255 e. The number of amides is 1. The van der Waals surface area contributed by atoms with E-state index in [9.17, 15) is 9.90 Å². The lowest BCUT2D eigenvalue weighted by atomic mass is 10.1. The predicted octanol–water partition coefficient (Wildman–Crippen LogP) is 4.25. The Morgan fingerprint density at radius 1 is 1.25 bits per heavy atom. The molecule has 3 nitrogen and oxygen atoms in total. The lowest BCUT2D eigenvalue weighted by Gasteiger charge is -2.12. The molecule has 0 aliphatic rings. The van der Waals surface area contributed by atoms with Crippen LogP contribution >= 0.6 is 11.6 Å². The molecule has 0 aliphatic heterocycles. The minimum absolute atomic E-state index is 0.108. The van der Waals surface area contributed by atoms with Crippen LogP contribution in [0, 0.1) is 6.92 Å². The molecule has 0 saturated carbocycles. The highest BCUT2D eigenvalue weighted by Gasteiger charge is 2.12. The molecule has 1 amide bonds. The number of rotatable bonds is 3. The highest BCUT2D eigenvalue weighted by Crippen LogP contribution is 2.27. The zero-order chi connectivity index (χ0) is 14.7. The standard InChI is InChI=1S/C16H16ClNO2/c1-10-7-8-12(9-15(10)19)16(20)18-14-6-4-3-5-13(14)11(2)17/h3-9,11,19H,1-2H3,(H,18,20). The number of nitrogens with one attached hydrogen (secondary N) is 1. The summed E-state index contributed by atoms with van der Waals surface area (Å²) in [5.74, 6) is -0.165. The van der Waals surface area contributed by atoms with Crippen LogP contribution in [0.5, 0.6) is 5.75 Å². The van der Waals surface area contributed by atoms with E-state index < -0.39 is 0 Å². The number of carbonyl (C=O) groups is 1. The second-order valence-corrected chi connectivity index (χ2v) is 5.31. The topological polar surface area (TPSA) is 49.3 Å². The van der Waals surface area contributed by atoms with Crippen molar-refractivity contribution in [3.05, 3.63) is 59.2 Å². The maximum absolute atomic E-state index is 12.2. The Morgan fingerprint density at radius 3 is 2.60 bits per heavy atom. The van der Waals surface area contributed by atoms with Crippen LogP contribution in [0.3, 0.4) is 0 Å². The normalized spacial score (nSPS) is 11.9. The minimum Gasteiger partial charge on any atom is -0.508 e. The molecule has 1 unspecified atom stereocenters. The third-order valence-corrected chi connectivity index (χ3v) is 3.34. The van der Waals surface area contributed by atoms with E-state index in [4.69, 9.17) is 11.6 Å². The molecule has 0 radical (unpaired) electrons. The molecule has 2 N–H and O–H groups in total. The van der Waals surface area contributed by atoms with Crippen molar-refractivity contribution in [2.24, 2.45) is 0 Å². The average molecular weight is 290 g/mol. The zero-order valence-corrected chi connectivity index (χ0v) is 12.1. The van der Waals surface area contributed by atoms with E-state index in [1.165, 1.54) is 6.07 Å². The van der Waals surface area contributed by atoms with Crippen molar-refractivity contribution in [1.29, 1.82) is 0 Å². The van der Waals surface area contributed by atoms with Crippen molar-refractivity contribution in [3.63, 3.8) is 0 Å². The molecule has 20 heavy (non-hydrogen) atoms. The van der Waals surface area contributed by atoms with E-state index in [-0.39, 0.29) is 17.0 Å². The number of aromatic hydroxyl groups is 1. The van der Waals surface area contributed by atoms with Gasteiger partial charge in [-0.15, -0.1) is 11.6 Å². The first kappa shape index (κ1) is 14.4. The van der Waals surface area contributed by atoms with Gasteiger partial charge in [0.2, 0.25) is 0 Å². The summed E-state index contributed by atoms with van der Waals surface area (Å²) < 4.78 is 0. The molecule has 0 bridgehead atoms. The number of benzene rings is 2. The zero-order valence-electron chi connectivity index (χ0n) is 11.4. The highest BCUT2D eigenvalue weighted by molar-refractivity contribution is 6.21. The summed E-state index contributed by atoms with van der Waals surface area (Å²) in [6.07, 6.45) is 0. The number of anilines is 1. The van der Waals surface area contributed by atoms with Gasteiger partial charge in [-0.2, -0.15) is 0 Å². The van der Waals surface area contributed by atoms with E-state index in [0.29, 0.717) is 11.3 Å². The Bertz CT molecular complexity index is 638. The molecule has 2 aromatic carbocycles. The number of alkyl halides is 1. The fourth-order valence-electron chi connectivity index (χ4n) is 1.90. The fourth-order valence-corrected chi connectivity index (χ4v) is 2.09. The van der Waals surface area contributed by atoms with Gasteiger partial charge < -0.3 is 10.4 Å². The molecule has 0 aromatic heterocycles. The van der Waals surface area contributed by atoms with Crippen molar-refractivity contribution in [2.75, 3.05) is 5.32 Å². The summed E-state index contributed by atoms with van der Waals surface area (Å²) in [4.78, 5) is 12.2. The number of carbonyl (C=O) groups excluding carboxylic acids is 1. The van der Waals surface area contributed by atoms with Crippen LogP contribution < -0.4 is 5.32 Å². The van der Waals surface area contributed by atoms with Crippen LogP contribution in [0.25, 0.3) is 0 Å². The molecular weight excluding hydrogens is 274 g/mol. The monoisotopic (exact) mass is 289 g/mol. The maximum atomic E-state index is 12.2. The molecule has 0 saturated heterocycles. The Labute approximate surface area is 123 Å². The Hall–Kier alpha value is -2.00. The molecule has 0 spiro atoms. The fraction of sp³-hybridized carbons (Fsp3) is 0.188. The third-order valence-electron chi connectivity index (χ3n) is 3.11. The number of hydrogen-bond acceptors (Lipinski definition) is 2. The van der Waals surface area contributed by atoms with E-state index in [1.807, 2.05) is 25.1 Å². The number of aryl methyl sites for hydroxylation is 1. The van der Waals surface area contributed by atoms with Gasteiger partial charge in [0.05, 0.1) is 5.38 Å². The smallest absolute Gasteiger partial charge is 0.255 e. The Balaban J connectivity index is 2.26. The van der Waals surface area contributed by atoms with Crippen molar-refractivity contribution in [1.82, 2.24) is 0 Å². The molecular formula is C16H16ClNO2. The van der Waals surface area contributed by atoms with Gasteiger partial charge in [0, 0.05) is 11.3 Å². The van der Waals surface area contributed by atoms with Crippen molar-refractivity contribution >= 4 is 23.2 Å². The predicted molar refractivity (Wildman–Crippen MR) is 81.5 cm³/mol. The van der Waals surface area contributed by atoms with Crippen molar-refractivity contribution in [2.45, 2.75) is 19.2 Å². The van der Waals surface area contributed by atoms with Crippen molar-refractivity contribution in [3.8, 4) is 5.75 Å². The lowest BCUT2D eigenvalue weighted by Crippen LogP contribution is -2.13. The quantitative estimate of drug-likeness (QED) is 0.830. The summed E-state index contributed by atoms with van der Waals surface area (Å²) in [7, 11) is 0. The van der Waals surface area contributed by atoms with Crippen LogP contribution in [0.4, 0.5) is 5.69 Å². The van der Waals surface area contributed by atoms with Gasteiger partial charge in [0.25, 0.3) is 5.91 Å². The Kier molecular flexibility index (Phi) is 4.30. The van der Waals surface area contributed by atoms with Crippen LogP contribution in [-0.4, -0.2) is 11.0 Å². The van der Waals surface area contributed by atoms with E-state index in [1.54, 1.807) is 25.1 Å². The lowest BCUT2D eigenvalue weighted by molar-refractivity contribution is 0.102. The Morgan fingerprint density at radius 2 is 1.95 bits per heavy atom. The second kappa shape index (κ2) is 5.97. The molecule has 0 heterocycles. The number of halogens is 1. The minimum atomic E-state index is -0.273. The number of phenols is 1. The molecule has 2 rings (SSSR count).